The maximum atomic E-state index is 10.9. The van der Waals surface area contributed by atoms with Crippen molar-refractivity contribution < 1.29 is 19.0 Å². The molecular weight excluding hydrogens is 210 g/mol. The summed E-state index contributed by atoms with van der Waals surface area (Å²) >= 11 is 0. The van der Waals surface area contributed by atoms with Crippen molar-refractivity contribution in [1.29, 1.82) is 0 Å². The molecule has 2 rings (SSSR count). The first kappa shape index (κ1) is 10.6. The van der Waals surface area contributed by atoms with Gasteiger partial charge in [0.1, 0.15) is 6.61 Å². The van der Waals surface area contributed by atoms with Crippen LogP contribution in [-0.2, 0) is 4.74 Å². The van der Waals surface area contributed by atoms with E-state index in [-0.39, 0.29) is 12.1 Å². The van der Waals surface area contributed by atoms with Gasteiger partial charge in [-0.1, -0.05) is 6.07 Å². The number of benzene rings is 1. The first-order valence-electron chi connectivity index (χ1n) is 4.90. The number of cyclic esters (lactones) is 1. The molecule has 5 heteroatoms. The third-order valence-corrected chi connectivity index (χ3v) is 2.48. The van der Waals surface area contributed by atoms with Gasteiger partial charge < -0.3 is 19.5 Å². The lowest BCUT2D eigenvalue weighted by atomic mass is 10.1. The highest BCUT2D eigenvalue weighted by Gasteiger charge is 2.24. The van der Waals surface area contributed by atoms with Gasteiger partial charge in [0.2, 0.25) is 0 Å². The van der Waals surface area contributed by atoms with Crippen LogP contribution in [-0.4, -0.2) is 26.9 Å². The van der Waals surface area contributed by atoms with Crippen LogP contribution in [0.15, 0.2) is 18.2 Å². The van der Waals surface area contributed by atoms with Gasteiger partial charge in [-0.2, -0.15) is 0 Å². The summed E-state index contributed by atoms with van der Waals surface area (Å²) in [5.74, 6) is 1.30. The van der Waals surface area contributed by atoms with E-state index in [2.05, 4.69) is 5.32 Å². The number of alkyl carbamates (subject to hydrolysis) is 1. The summed E-state index contributed by atoms with van der Waals surface area (Å²) in [7, 11) is 3.16. The smallest absolute Gasteiger partial charge is 0.407 e. The Morgan fingerprint density at radius 3 is 2.62 bits per heavy atom. The average Bonchev–Trinajstić information content (AvgIpc) is 2.75. The second-order valence-electron chi connectivity index (χ2n) is 3.41. The van der Waals surface area contributed by atoms with E-state index in [0.717, 1.165) is 5.56 Å². The SMILES string of the molecule is COc1ccc([C@@H]2COC(=O)N2)cc1OC. The first-order valence-corrected chi connectivity index (χ1v) is 4.90. The highest BCUT2D eigenvalue weighted by atomic mass is 16.6. The molecule has 0 aliphatic carbocycles. The number of hydrogen-bond acceptors (Lipinski definition) is 4. The molecule has 0 bridgehead atoms. The van der Waals surface area contributed by atoms with Crippen LogP contribution in [0.2, 0.25) is 0 Å². The number of carbonyl (C=O) groups is 1. The summed E-state index contributed by atoms with van der Waals surface area (Å²) in [6, 6.07) is 5.39. The number of ether oxygens (including phenoxy) is 3. The number of methoxy groups -OCH3 is 2. The molecule has 1 aliphatic heterocycles. The molecule has 1 saturated heterocycles. The third kappa shape index (κ3) is 1.88. The topological polar surface area (TPSA) is 56.8 Å². The van der Waals surface area contributed by atoms with E-state index in [0.29, 0.717) is 18.1 Å². The third-order valence-electron chi connectivity index (χ3n) is 2.48. The fourth-order valence-corrected chi connectivity index (χ4v) is 1.63. The molecule has 0 aromatic heterocycles. The number of amides is 1. The van der Waals surface area contributed by atoms with Crippen LogP contribution in [0, 0.1) is 0 Å². The van der Waals surface area contributed by atoms with Crippen molar-refractivity contribution >= 4 is 6.09 Å². The van der Waals surface area contributed by atoms with Crippen LogP contribution in [0.4, 0.5) is 4.79 Å². The Morgan fingerprint density at radius 1 is 1.31 bits per heavy atom. The molecular formula is C11H13NO4. The number of hydrogen-bond donors (Lipinski definition) is 1. The molecule has 16 heavy (non-hydrogen) atoms. The molecule has 86 valence electrons. The van der Waals surface area contributed by atoms with Gasteiger partial charge in [-0.25, -0.2) is 4.79 Å². The Hall–Kier alpha value is -1.91. The Bertz CT molecular complexity index is 405. The quantitative estimate of drug-likeness (QED) is 0.843. The Kier molecular flexibility index (Phi) is 2.85. The molecule has 5 nitrogen and oxygen atoms in total. The predicted molar refractivity (Wildman–Crippen MR) is 56.8 cm³/mol. The fraction of sp³-hybridized carbons (Fsp3) is 0.364. The van der Waals surface area contributed by atoms with E-state index < -0.39 is 0 Å². The summed E-state index contributed by atoms with van der Waals surface area (Å²) in [6.45, 7) is 0.342. The van der Waals surface area contributed by atoms with Crippen molar-refractivity contribution in [2.24, 2.45) is 0 Å². The van der Waals surface area contributed by atoms with Gasteiger partial charge in [-0.15, -0.1) is 0 Å². The molecule has 1 N–H and O–H groups in total. The van der Waals surface area contributed by atoms with Gasteiger partial charge in [0.25, 0.3) is 0 Å². The minimum absolute atomic E-state index is 0.118. The lowest BCUT2D eigenvalue weighted by molar-refractivity contribution is 0.177. The van der Waals surface area contributed by atoms with E-state index in [1.54, 1.807) is 20.3 Å². The number of rotatable bonds is 3. The van der Waals surface area contributed by atoms with Crippen molar-refractivity contribution in [1.82, 2.24) is 5.32 Å². The normalized spacial score (nSPS) is 18.9. The number of nitrogens with one attached hydrogen (secondary N) is 1. The fourth-order valence-electron chi connectivity index (χ4n) is 1.63. The van der Waals surface area contributed by atoms with Crippen LogP contribution in [0.5, 0.6) is 11.5 Å². The molecule has 1 aromatic rings. The molecule has 1 amide bonds. The second kappa shape index (κ2) is 4.30. The summed E-state index contributed by atoms with van der Waals surface area (Å²) < 4.78 is 15.1. The Balaban J connectivity index is 2.25. The zero-order chi connectivity index (χ0) is 11.5. The standard InChI is InChI=1S/C11H13NO4/c1-14-9-4-3-7(5-10(9)15-2)8-6-16-11(13)12-8/h3-5,8H,6H2,1-2H3,(H,12,13)/t8-/m0/s1. The van der Waals surface area contributed by atoms with Crippen molar-refractivity contribution in [2.75, 3.05) is 20.8 Å². The Labute approximate surface area is 93.3 Å². The first-order chi connectivity index (χ1) is 7.74. The van der Waals surface area contributed by atoms with E-state index in [1.165, 1.54) is 0 Å². The lowest BCUT2D eigenvalue weighted by Crippen LogP contribution is -2.18. The second-order valence-corrected chi connectivity index (χ2v) is 3.41. The monoisotopic (exact) mass is 223 g/mol. The maximum absolute atomic E-state index is 10.9. The van der Waals surface area contributed by atoms with Crippen LogP contribution < -0.4 is 14.8 Å². The molecule has 1 aromatic carbocycles. The lowest BCUT2D eigenvalue weighted by Gasteiger charge is -2.12. The van der Waals surface area contributed by atoms with Gasteiger partial charge in [0.05, 0.1) is 20.3 Å². The molecule has 1 atom stereocenters. The highest BCUT2D eigenvalue weighted by molar-refractivity contribution is 5.70. The molecule has 1 aliphatic rings. The summed E-state index contributed by atoms with van der Waals surface area (Å²) in [4.78, 5) is 10.9. The zero-order valence-corrected chi connectivity index (χ0v) is 9.15. The molecule has 0 radical (unpaired) electrons. The summed E-state index contributed by atoms with van der Waals surface area (Å²) in [5.41, 5.74) is 0.934. The molecule has 0 unspecified atom stereocenters. The summed E-state index contributed by atoms with van der Waals surface area (Å²) in [6.07, 6.45) is -0.389. The number of carbonyl (C=O) groups excluding carboxylic acids is 1. The van der Waals surface area contributed by atoms with E-state index in [4.69, 9.17) is 14.2 Å². The van der Waals surface area contributed by atoms with Crippen LogP contribution in [0.1, 0.15) is 11.6 Å². The minimum Gasteiger partial charge on any atom is -0.493 e. The van der Waals surface area contributed by atoms with Gasteiger partial charge in [0.15, 0.2) is 11.5 Å². The van der Waals surface area contributed by atoms with E-state index in [1.807, 2.05) is 12.1 Å². The van der Waals surface area contributed by atoms with Crippen molar-refractivity contribution in [2.45, 2.75) is 6.04 Å². The van der Waals surface area contributed by atoms with Gasteiger partial charge >= 0.3 is 6.09 Å². The average molecular weight is 223 g/mol. The molecule has 0 saturated carbocycles. The summed E-state index contributed by atoms with van der Waals surface area (Å²) in [5, 5.41) is 2.70. The largest absolute Gasteiger partial charge is 0.493 e. The van der Waals surface area contributed by atoms with Crippen LogP contribution in [0.3, 0.4) is 0 Å². The van der Waals surface area contributed by atoms with Crippen molar-refractivity contribution in [3.63, 3.8) is 0 Å². The molecule has 1 heterocycles. The Morgan fingerprint density at radius 2 is 2.06 bits per heavy atom. The van der Waals surface area contributed by atoms with Crippen molar-refractivity contribution in [3.05, 3.63) is 23.8 Å². The molecule has 1 fully saturated rings. The molecule has 0 spiro atoms. The highest BCUT2D eigenvalue weighted by Crippen LogP contribution is 2.30. The van der Waals surface area contributed by atoms with E-state index >= 15 is 0 Å². The maximum Gasteiger partial charge on any atom is 0.407 e. The van der Waals surface area contributed by atoms with E-state index in [9.17, 15) is 4.79 Å². The minimum atomic E-state index is -0.389. The van der Waals surface area contributed by atoms with Crippen LogP contribution >= 0.6 is 0 Å². The van der Waals surface area contributed by atoms with Gasteiger partial charge in [-0.3, -0.25) is 0 Å². The van der Waals surface area contributed by atoms with Gasteiger partial charge in [0, 0.05) is 0 Å². The predicted octanol–water partition coefficient (Wildman–Crippen LogP) is 1.48. The zero-order valence-electron chi connectivity index (χ0n) is 9.15. The van der Waals surface area contributed by atoms with Crippen molar-refractivity contribution in [3.8, 4) is 11.5 Å². The van der Waals surface area contributed by atoms with Gasteiger partial charge in [-0.05, 0) is 17.7 Å². The van der Waals surface area contributed by atoms with Crippen LogP contribution in [0.25, 0.3) is 0 Å².